The van der Waals surface area contributed by atoms with Crippen molar-refractivity contribution < 1.29 is 4.74 Å². The second kappa shape index (κ2) is 7.50. The first kappa shape index (κ1) is 17.8. The van der Waals surface area contributed by atoms with Gasteiger partial charge in [0.2, 0.25) is 0 Å². The number of hydrogen-bond donors (Lipinski definition) is 0. The van der Waals surface area contributed by atoms with Crippen LogP contribution in [-0.4, -0.2) is 58.6 Å². The van der Waals surface area contributed by atoms with E-state index in [2.05, 4.69) is 35.6 Å². The van der Waals surface area contributed by atoms with Crippen molar-refractivity contribution in [1.29, 1.82) is 0 Å². The Hall–Kier alpha value is -1.98. The molecule has 134 valence electrons. The van der Waals surface area contributed by atoms with Crippen molar-refractivity contribution in [3.05, 3.63) is 42.2 Å². The minimum atomic E-state index is 0.248. The van der Waals surface area contributed by atoms with Gasteiger partial charge in [-0.2, -0.15) is 0 Å². The lowest BCUT2D eigenvalue weighted by Gasteiger charge is -2.42. The maximum Gasteiger partial charge on any atom is 0.163 e. The van der Waals surface area contributed by atoms with Crippen LogP contribution in [0.4, 0.5) is 0 Å². The Morgan fingerprint density at radius 3 is 2.44 bits per heavy atom. The maximum atomic E-state index is 5.44. The molecule has 0 atom stereocenters. The number of hydrogen-bond acceptors (Lipinski definition) is 5. The SMILES string of the molecule is COc1ccccc1-c1nccc(CN2CCN(C(C)(C)C)CC2)n1. The summed E-state index contributed by atoms with van der Waals surface area (Å²) in [5, 5.41) is 0. The summed E-state index contributed by atoms with van der Waals surface area (Å²) in [6.45, 7) is 12.1. The number of rotatable bonds is 4. The van der Waals surface area contributed by atoms with Crippen LogP contribution in [0.25, 0.3) is 11.4 Å². The predicted molar refractivity (Wildman–Crippen MR) is 101 cm³/mol. The molecule has 2 aromatic rings. The molecule has 1 saturated heterocycles. The highest BCUT2D eigenvalue weighted by Gasteiger charge is 2.25. The van der Waals surface area contributed by atoms with Crippen LogP contribution in [0.5, 0.6) is 5.75 Å². The molecule has 1 aromatic carbocycles. The summed E-state index contributed by atoms with van der Waals surface area (Å²) < 4.78 is 5.44. The van der Waals surface area contributed by atoms with E-state index in [1.54, 1.807) is 7.11 Å². The van der Waals surface area contributed by atoms with E-state index in [-0.39, 0.29) is 5.54 Å². The molecule has 25 heavy (non-hydrogen) atoms. The quantitative estimate of drug-likeness (QED) is 0.856. The van der Waals surface area contributed by atoms with Gasteiger partial charge in [-0.25, -0.2) is 9.97 Å². The summed E-state index contributed by atoms with van der Waals surface area (Å²) in [5.74, 6) is 1.53. The number of benzene rings is 1. The highest BCUT2D eigenvalue weighted by atomic mass is 16.5. The third-order valence-electron chi connectivity index (χ3n) is 4.77. The molecule has 0 spiro atoms. The first-order chi connectivity index (χ1) is 12.0. The van der Waals surface area contributed by atoms with Crippen LogP contribution in [0.3, 0.4) is 0 Å². The van der Waals surface area contributed by atoms with Gasteiger partial charge in [-0.1, -0.05) is 12.1 Å². The molecule has 5 heteroatoms. The molecule has 0 N–H and O–H groups in total. The van der Waals surface area contributed by atoms with Crippen molar-refractivity contribution >= 4 is 0 Å². The molecule has 0 unspecified atom stereocenters. The van der Waals surface area contributed by atoms with Gasteiger partial charge in [-0.15, -0.1) is 0 Å². The van der Waals surface area contributed by atoms with Crippen molar-refractivity contribution in [2.45, 2.75) is 32.9 Å². The van der Waals surface area contributed by atoms with Crippen molar-refractivity contribution in [3.8, 4) is 17.1 Å². The van der Waals surface area contributed by atoms with Crippen molar-refractivity contribution in [1.82, 2.24) is 19.8 Å². The summed E-state index contributed by atoms with van der Waals surface area (Å²) in [5.41, 5.74) is 2.24. The van der Waals surface area contributed by atoms with Gasteiger partial charge in [0.25, 0.3) is 0 Å². The van der Waals surface area contributed by atoms with Gasteiger partial charge in [0.05, 0.1) is 18.4 Å². The van der Waals surface area contributed by atoms with E-state index in [0.717, 1.165) is 55.6 Å². The average molecular weight is 340 g/mol. The number of methoxy groups -OCH3 is 1. The number of nitrogens with zero attached hydrogens (tertiary/aromatic N) is 4. The Bertz CT molecular complexity index is 703. The molecule has 3 rings (SSSR count). The molecule has 1 aliphatic rings. The zero-order chi connectivity index (χ0) is 17.9. The van der Waals surface area contributed by atoms with Gasteiger partial charge >= 0.3 is 0 Å². The maximum absolute atomic E-state index is 5.44. The fourth-order valence-corrected chi connectivity index (χ4v) is 3.25. The first-order valence-corrected chi connectivity index (χ1v) is 8.90. The molecule has 0 amide bonds. The monoisotopic (exact) mass is 340 g/mol. The fraction of sp³-hybridized carbons (Fsp3) is 0.500. The van der Waals surface area contributed by atoms with Crippen LogP contribution in [0.1, 0.15) is 26.5 Å². The van der Waals surface area contributed by atoms with E-state index in [1.165, 1.54) is 0 Å². The minimum Gasteiger partial charge on any atom is -0.496 e. The third kappa shape index (κ3) is 4.35. The zero-order valence-corrected chi connectivity index (χ0v) is 15.7. The zero-order valence-electron chi connectivity index (χ0n) is 15.7. The highest BCUT2D eigenvalue weighted by molar-refractivity contribution is 5.63. The van der Waals surface area contributed by atoms with Crippen molar-refractivity contribution in [3.63, 3.8) is 0 Å². The molecule has 2 heterocycles. The van der Waals surface area contributed by atoms with Crippen molar-refractivity contribution in [2.75, 3.05) is 33.3 Å². The second-order valence-corrected chi connectivity index (χ2v) is 7.51. The smallest absolute Gasteiger partial charge is 0.163 e. The van der Waals surface area contributed by atoms with Crippen LogP contribution in [-0.2, 0) is 6.54 Å². The van der Waals surface area contributed by atoms with Crippen LogP contribution in [0, 0.1) is 0 Å². The summed E-state index contributed by atoms with van der Waals surface area (Å²) in [7, 11) is 1.68. The van der Waals surface area contributed by atoms with Gasteiger partial charge in [-0.05, 0) is 39.0 Å². The molecular formula is C20H28N4O. The lowest BCUT2D eigenvalue weighted by molar-refractivity contribution is 0.0586. The molecule has 0 saturated carbocycles. The lowest BCUT2D eigenvalue weighted by Crippen LogP contribution is -2.53. The third-order valence-corrected chi connectivity index (χ3v) is 4.77. The molecule has 0 bridgehead atoms. The average Bonchev–Trinajstić information content (AvgIpc) is 2.61. The minimum absolute atomic E-state index is 0.248. The molecular weight excluding hydrogens is 312 g/mol. The van der Waals surface area contributed by atoms with Crippen molar-refractivity contribution in [2.24, 2.45) is 0 Å². The van der Waals surface area contributed by atoms with Gasteiger partial charge in [0.1, 0.15) is 5.75 Å². The van der Waals surface area contributed by atoms with Crippen LogP contribution < -0.4 is 4.74 Å². The van der Waals surface area contributed by atoms with Crippen LogP contribution in [0.15, 0.2) is 36.5 Å². The van der Waals surface area contributed by atoms with E-state index in [1.807, 2.05) is 36.5 Å². The summed E-state index contributed by atoms with van der Waals surface area (Å²) in [6.07, 6.45) is 1.84. The summed E-state index contributed by atoms with van der Waals surface area (Å²) in [4.78, 5) is 14.2. The normalized spacial score (nSPS) is 16.8. The fourth-order valence-electron chi connectivity index (χ4n) is 3.25. The van der Waals surface area contributed by atoms with Gasteiger partial charge in [-0.3, -0.25) is 9.80 Å². The summed E-state index contributed by atoms with van der Waals surface area (Å²) >= 11 is 0. The number of aromatic nitrogens is 2. The lowest BCUT2D eigenvalue weighted by atomic mass is 10.0. The first-order valence-electron chi connectivity index (χ1n) is 8.90. The molecule has 0 aliphatic carbocycles. The van der Waals surface area contributed by atoms with Crippen LogP contribution in [0.2, 0.25) is 0 Å². The molecule has 1 aromatic heterocycles. The number of ether oxygens (including phenoxy) is 1. The molecule has 1 aliphatic heterocycles. The van der Waals surface area contributed by atoms with E-state index in [0.29, 0.717) is 0 Å². The van der Waals surface area contributed by atoms with Gasteiger partial charge in [0, 0.05) is 44.5 Å². The highest BCUT2D eigenvalue weighted by Crippen LogP contribution is 2.26. The number of piperazine rings is 1. The second-order valence-electron chi connectivity index (χ2n) is 7.51. The Kier molecular flexibility index (Phi) is 5.35. The molecule has 0 radical (unpaired) electrons. The van der Waals surface area contributed by atoms with E-state index >= 15 is 0 Å². The number of para-hydroxylation sites is 1. The Balaban J connectivity index is 1.69. The molecule has 5 nitrogen and oxygen atoms in total. The van der Waals surface area contributed by atoms with E-state index < -0.39 is 0 Å². The van der Waals surface area contributed by atoms with E-state index in [4.69, 9.17) is 9.72 Å². The largest absolute Gasteiger partial charge is 0.496 e. The Labute approximate surface area is 150 Å². The standard InChI is InChI=1S/C20H28N4O/c1-20(2,3)24-13-11-23(12-14-24)15-16-9-10-21-19(22-16)17-7-5-6-8-18(17)25-4/h5-10H,11-15H2,1-4H3. The van der Waals surface area contributed by atoms with Gasteiger partial charge < -0.3 is 4.74 Å². The molecule has 1 fully saturated rings. The topological polar surface area (TPSA) is 41.5 Å². The van der Waals surface area contributed by atoms with Gasteiger partial charge in [0.15, 0.2) is 5.82 Å². The Morgan fingerprint density at radius 2 is 1.76 bits per heavy atom. The summed E-state index contributed by atoms with van der Waals surface area (Å²) in [6, 6.07) is 9.90. The van der Waals surface area contributed by atoms with E-state index in [9.17, 15) is 0 Å². The Morgan fingerprint density at radius 1 is 1.04 bits per heavy atom. The van der Waals surface area contributed by atoms with Crippen LogP contribution >= 0.6 is 0 Å². The predicted octanol–water partition coefficient (Wildman–Crippen LogP) is 3.07.